The smallest absolute Gasteiger partial charge is 0.246 e. The standard InChI is InChI=1S/C25H28BrNO3/c1-6-27(7-2)23(28)12-16(4)20-14-21-22(18-10-9-11-19(26)13-18)15-30-25(21)17(5)24(20)29-8-3/h9-15H,6-8H2,1-5H3/b16-12+. The van der Waals surface area contributed by atoms with E-state index in [-0.39, 0.29) is 5.91 Å². The Morgan fingerprint density at radius 3 is 2.57 bits per heavy atom. The summed E-state index contributed by atoms with van der Waals surface area (Å²) in [5.74, 6) is 0.776. The fourth-order valence-corrected chi connectivity index (χ4v) is 4.11. The van der Waals surface area contributed by atoms with E-state index < -0.39 is 0 Å². The summed E-state index contributed by atoms with van der Waals surface area (Å²) in [4.78, 5) is 14.5. The number of fused-ring (bicyclic) bond motifs is 1. The van der Waals surface area contributed by atoms with Crippen molar-refractivity contribution >= 4 is 38.4 Å². The Morgan fingerprint density at radius 1 is 1.20 bits per heavy atom. The van der Waals surface area contributed by atoms with Crippen LogP contribution >= 0.6 is 15.9 Å². The van der Waals surface area contributed by atoms with Crippen molar-refractivity contribution in [1.29, 1.82) is 0 Å². The zero-order valence-electron chi connectivity index (χ0n) is 18.2. The molecule has 158 valence electrons. The van der Waals surface area contributed by atoms with Crippen molar-refractivity contribution in [3.8, 4) is 16.9 Å². The zero-order valence-corrected chi connectivity index (χ0v) is 19.8. The molecule has 0 fully saturated rings. The third-order valence-electron chi connectivity index (χ3n) is 5.31. The van der Waals surface area contributed by atoms with Gasteiger partial charge in [-0.1, -0.05) is 28.1 Å². The van der Waals surface area contributed by atoms with Gasteiger partial charge in [0.1, 0.15) is 11.3 Å². The lowest BCUT2D eigenvalue weighted by Crippen LogP contribution is -2.28. The minimum atomic E-state index is 0.0112. The first-order valence-electron chi connectivity index (χ1n) is 10.3. The third kappa shape index (κ3) is 4.31. The van der Waals surface area contributed by atoms with E-state index in [9.17, 15) is 4.79 Å². The quantitative estimate of drug-likeness (QED) is 0.355. The van der Waals surface area contributed by atoms with Crippen LogP contribution in [0.3, 0.4) is 0 Å². The van der Waals surface area contributed by atoms with Crippen LogP contribution in [0.4, 0.5) is 0 Å². The van der Waals surface area contributed by atoms with Gasteiger partial charge in [0, 0.05) is 45.7 Å². The molecular weight excluding hydrogens is 442 g/mol. The van der Waals surface area contributed by atoms with Crippen LogP contribution in [0.5, 0.6) is 5.75 Å². The number of rotatable bonds is 7. The first-order valence-corrected chi connectivity index (χ1v) is 11.1. The second-order valence-electron chi connectivity index (χ2n) is 7.19. The molecule has 0 saturated heterocycles. The summed E-state index contributed by atoms with van der Waals surface area (Å²) in [5.41, 5.74) is 5.62. The molecule has 1 heterocycles. The Hall–Kier alpha value is -2.53. The number of allylic oxidation sites excluding steroid dienone is 1. The van der Waals surface area contributed by atoms with E-state index in [1.807, 2.05) is 46.8 Å². The van der Waals surface area contributed by atoms with Gasteiger partial charge in [-0.3, -0.25) is 4.79 Å². The maximum absolute atomic E-state index is 12.7. The van der Waals surface area contributed by atoms with Crippen LogP contribution in [0.2, 0.25) is 0 Å². The predicted molar refractivity (Wildman–Crippen MR) is 127 cm³/mol. The van der Waals surface area contributed by atoms with Gasteiger partial charge in [0.15, 0.2) is 0 Å². The molecule has 3 rings (SSSR count). The number of nitrogens with zero attached hydrogens (tertiary/aromatic N) is 1. The van der Waals surface area contributed by atoms with E-state index >= 15 is 0 Å². The molecular formula is C25H28BrNO3. The topological polar surface area (TPSA) is 42.7 Å². The van der Waals surface area contributed by atoms with Crippen molar-refractivity contribution in [2.75, 3.05) is 19.7 Å². The molecule has 3 aromatic rings. The van der Waals surface area contributed by atoms with Crippen molar-refractivity contribution in [2.45, 2.75) is 34.6 Å². The van der Waals surface area contributed by atoms with Crippen molar-refractivity contribution < 1.29 is 13.9 Å². The number of hydrogen-bond donors (Lipinski definition) is 0. The molecule has 0 spiro atoms. The molecule has 1 amide bonds. The monoisotopic (exact) mass is 469 g/mol. The Kier molecular flexibility index (Phi) is 7.03. The van der Waals surface area contributed by atoms with Gasteiger partial charge < -0.3 is 14.1 Å². The average Bonchev–Trinajstić information content (AvgIpc) is 3.15. The Labute approximate surface area is 186 Å². The van der Waals surface area contributed by atoms with Crippen molar-refractivity contribution in [3.63, 3.8) is 0 Å². The lowest BCUT2D eigenvalue weighted by molar-refractivity contribution is -0.125. The van der Waals surface area contributed by atoms with Crippen molar-refractivity contribution in [3.05, 3.63) is 58.3 Å². The van der Waals surface area contributed by atoms with Crippen LogP contribution in [0.1, 0.15) is 38.8 Å². The number of aryl methyl sites for hydroxylation is 1. The van der Waals surface area contributed by atoms with Crippen LogP contribution in [-0.2, 0) is 4.79 Å². The molecule has 0 aliphatic carbocycles. The highest BCUT2D eigenvalue weighted by atomic mass is 79.9. The Morgan fingerprint density at radius 2 is 1.93 bits per heavy atom. The molecule has 0 bridgehead atoms. The highest BCUT2D eigenvalue weighted by Crippen LogP contribution is 2.41. The molecule has 4 nitrogen and oxygen atoms in total. The van der Waals surface area contributed by atoms with Gasteiger partial charge in [-0.25, -0.2) is 0 Å². The maximum atomic E-state index is 12.7. The highest BCUT2D eigenvalue weighted by molar-refractivity contribution is 9.10. The summed E-state index contributed by atoms with van der Waals surface area (Å²) in [6, 6.07) is 10.2. The van der Waals surface area contributed by atoms with E-state index in [2.05, 4.69) is 34.1 Å². The SMILES string of the molecule is CCOc1c(/C(C)=C/C(=O)N(CC)CC)cc2c(-c3cccc(Br)c3)coc2c1C. The molecule has 0 saturated carbocycles. The maximum Gasteiger partial charge on any atom is 0.246 e. The molecule has 0 radical (unpaired) electrons. The van der Waals surface area contributed by atoms with Gasteiger partial charge in [-0.2, -0.15) is 0 Å². The molecule has 0 N–H and O–H groups in total. The number of halogens is 1. The summed E-state index contributed by atoms with van der Waals surface area (Å²) in [5, 5.41) is 1.01. The zero-order chi connectivity index (χ0) is 21.8. The van der Waals surface area contributed by atoms with Gasteiger partial charge in [0.2, 0.25) is 5.91 Å². The summed E-state index contributed by atoms with van der Waals surface area (Å²) < 4.78 is 13.0. The number of carbonyl (C=O) groups is 1. The Bertz CT molecular complexity index is 1090. The van der Waals surface area contributed by atoms with E-state index in [4.69, 9.17) is 9.15 Å². The minimum absolute atomic E-state index is 0.0112. The lowest BCUT2D eigenvalue weighted by atomic mass is 9.96. The van der Waals surface area contributed by atoms with E-state index in [0.29, 0.717) is 19.7 Å². The summed E-state index contributed by atoms with van der Waals surface area (Å²) in [6.07, 6.45) is 3.49. The van der Waals surface area contributed by atoms with Gasteiger partial charge in [0.05, 0.1) is 12.9 Å². The fraction of sp³-hybridized carbons (Fsp3) is 0.320. The van der Waals surface area contributed by atoms with Crippen LogP contribution in [0.15, 0.2) is 51.6 Å². The first kappa shape index (κ1) is 22.2. The van der Waals surface area contributed by atoms with Gasteiger partial charge in [-0.15, -0.1) is 0 Å². The number of furan rings is 1. The first-order chi connectivity index (χ1) is 14.4. The van der Waals surface area contributed by atoms with Gasteiger partial charge in [-0.05, 0) is 64.0 Å². The molecule has 2 aromatic carbocycles. The molecule has 5 heteroatoms. The van der Waals surface area contributed by atoms with E-state index in [1.54, 1.807) is 17.2 Å². The fourth-order valence-electron chi connectivity index (χ4n) is 3.71. The van der Waals surface area contributed by atoms with Crippen molar-refractivity contribution in [1.82, 2.24) is 4.90 Å². The average molecular weight is 470 g/mol. The largest absolute Gasteiger partial charge is 0.493 e. The second kappa shape index (κ2) is 9.52. The molecule has 0 aliphatic rings. The van der Waals surface area contributed by atoms with Gasteiger partial charge in [0.25, 0.3) is 0 Å². The van der Waals surface area contributed by atoms with E-state index in [1.165, 1.54) is 0 Å². The predicted octanol–water partition coefficient (Wildman–Crippen LogP) is 6.84. The number of benzene rings is 2. The number of amides is 1. The van der Waals surface area contributed by atoms with Crippen LogP contribution < -0.4 is 4.74 Å². The second-order valence-corrected chi connectivity index (χ2v) is 8.10. The molecule has 0 atom stereocenters. The molecule has 1 aromatic heterocycles. The van der Waals surface area contributed by atoms with Gasteiger partial charge >= 0.3 is 0 Å². The third-order valence-corrected chi connectivity index (χ3v) is 5.80. The number of carbonyl (C=O) groups excluding carboxylic acids is 1. The summed E-state index contributed by atoms with van der Waals surface area (Å²) in [7, 11) is 0. The highest BCUT2D eigenvalue weighted by Gasteiger charge is 2.19. The van der Waals surface area contributed by atoms with E-state index in [0.717, 1.165) is 49.0 Å². The molecule has 30 heavy (non-hydrogen) atoms. The number of likely N-dealkylation sites (N-methyl/N-ethyl adjacent to an activating group) is 1. The molecule has 0 aliphatic heterocycles. The number of ether oxygens (including phenoxy) is 1. The molecule has 0 unspecified atom stereocenters. The summed E-state index contributed by atoms with van der Waals surface area (Å²) >= 11 is 3.55. The number of hydrogen-bond acceptors (Lipinski definition) is 3. The Balaban J connectivity index is 2.20. The minimum Gasteiger partial charge on any atom is -0.493 e. The van der Waals surface area contributed by atoms with Crippen molar-refractivity contribution in [2.24, 2.45) is 0 Å². The summed E-state index contributed by atoms with van der Waals surface area (Å²) in [6.45, 7) is 11.8. The lowest BCUT2D eigenvalue weighted by Gasteiger charge is -2.18. The van der Waals surface area contributed by atoms with Crippen LogP contribution in [0, 0.1) is 6.92 Å². The normalized spacial score (nSPS) is 11.7. The van der Waals surface area contributed by atoms with Crippen LogP contribution in [-0.4, -0.2) is 30.5 Å². The van der Waals surface area contributed by atoms with Crippen LogP contribution in [0.25, 0.3) is 27.7 Å².